The standard InChI is InChI=1S/C14H28N4/c1-14(2,3)18-12-13(11-16-18)10-15-8-6-7-9-17(4)5/h11-12,15H,6-10H2,1-5H3. The van der Waals surface area contributed by atoms with Crippen LogP contribution in [0.5, 0.6) is 0 Å². The third kappa shape index (κ3) is 5.65. The van der Waals surface area contributed by atoms with E-state index in [9.17, 15) is 0 Å². The van der Waals surface area contributed by atoms with Crippen molar-refractivity contribution in [2.75, 3.05) is 27.2 Å². The van der Waals surface area contributed by atoms with Crippen LogP contribution in [0, 0.1) is 0 Å². The molecule has 1 heterocycles. The number of unbranched alkanes of at least 4 members (excludes halogenated alkanes) is 1. The summed E-state index contributed by atoms with van der Waals surface area (Å²) in [7, 11) is 4.24. The van der Waals surface area contributed by atoms with Gasteiger partial charge in [0, 0.05) is 18.3 Å². The zero-order valence-corrected chi connectivity index (χ0v) is 12.5. The van der Waals surface area contributed by atoms with E-state index in [0.29, 0.717) is 0 Å². The minimum Gasteiger partial charge on any atom is -0.313 e. The van der Waals surface area contributed by atoms with Gasteiger partial charge in [0.15, 0.2) is 0 Å². The van der Waals surface area contributed by atoms with Crippen molar-refractivity contribution in [3.8, 4) is 0 Å². The molecule has 4 heteroatoms. The van der Waals surface area contributed by atoms with Crippen molar-refractivity contribution >= 4 is 0 Å². The van der Waals surface area contributed by atoms with Gasteiger partial charge in [-0.15, -0.1) is 0 Å². The molecule has 0 radical (unpaired) electrons. The molecule has 0 saturated heterocycles. The second-order valence-corrected chi connectivity index (χ2v) is 6.15. The summed E-state index contributed by atoms with van der Waals surface area (Å²) in [4.78, 5) is 2.23. The molecule has 1 aromatic rings. The van der Waals surface area contributed by atoms with E-state index in [2.05, 4.69) is 56.4 Å². The predicted molar refractivity (Wildman–Crippen MR) is 76.7 cm³/mol. The highest BCUT2D eigenvalue weighted by atomic mass is 15.3. The molecule has 1 N–H and O–H groups in total. The van der Waals surface area contributed by atoms with Crippen molar-refractivity contribution < 1.29 is 0 Å². The molecule has 0 bridgehead atoms. The topological polar surface area (TPSA) is 33.1 Å². The van der Waals surface area contributed by atoms with Gasteiger partial charge in [-0.1, -0.05) is 0 Å². The highest BCUT2D eigenvalue weighted by molar-refractivity contribution is 5.04. The van der Waals surface area contributed by atoms with Gasteiger partial charge in [0.05, 0.1) is 11.7 Å². The average molecular weight is 252 g/mol. The Labute approximate surface area is 111 Å². The number of aromatic nitrogens is 2. The number of rotatable bonds is 7. The van der Waals surface area contributed by atoms with Crippen LogP contribution in [0.2, 0.25) is 0 Å². The van der Waals surface area contributed by atoms with E-state index in [1.165, 1.54) is 24.9 Å². The normalized spacial score (nSPS) is 12.3. The third-order valence-corrected chi connectivity index (χ3v) is 2.86. The molecule has 0 fully saturated rings. The number of hydrogen-bond donors (Lipinski definition) is 1. The van der Waals surface area contributed by atoms with Crippen molar-refractivity contribution in [3.63, 3.8) is 0 Å². The lowest BCUT2D eigenvalue weighted by molar-refractivity contribution is 0.355. The maximum atomic E-state index is 4.40. The van der Waals surface area contributed by atoms with Crippen LogP contribution in [0.3, 0.4) is 0 Å². The van der Waals surface area contributed by atoms with Crippen LogP contribution in [0.25, 0.3) is 0 Å². The van der Waals surface area contributed by atoms with Gasteiger partial charge >= 0.3 is 0 Å². The molecule has 0 aromatic carbocycles. The second-order valence-electron chi connectivity index (χ2n) is 6.15. The SMILES string of the molecule is CN(C)CCCCNCc1cnn(C(C)(C)C)c1. The van der Waals surface area contributed by atoms with Crippen molar-refractivity contribution in [1.29, 1.82) is 0 Å². The summed E-state index contributed by atoms with van der Waals surface area (Å²) in [5.74, 6) is 0. The molecule has 1 aromatic heterocycles. The fraction of sp³-hybridized carbons (Fsp3) is 0.786. The lowest BCUT2D eigenvalue weighted by atomic mass is 10.1. The Morgan fingerprint density at radius 3 is 2.56 bits per heavy atom. The minimum atomic E-state index is 0.0734. The van der Waals surface area contributed by atoms with Crippen LogP contribution in [0.15, 0.2) is 12.4 Å². The Morgan fingerprint density at radius 1 is 1.28 bits per heavy atom. The Hall–Kier alpha value is -0.870. The van der Waals surface area contributed by atoms with Gasteiger partial charge in [0.1, 0.15) is 0 Å². The first-order chi connectivity index (χ1) is 8.39. The van der Waals surface area contributed by atoms with Crippen molar-refractivity contribution in [3.05, 3.63) is 18.0 Å². The predicted octanol–water partition coefficient (Wildman–Crippen LogP) is 2.07. The van der Waals surface area contributed by atoms with Crippen molar-refractivity contribution in [2.45, 2.75) is 45.7 Å². The highest BCUT2D eigenvalue weighted by Crippen LogP contribution is 2.12. The quantitative estimate of drug-likeness (QED) is 0.754. The van der Waals surface area contributed by atoms with Gasteiger partial charge < -0.3 is 10.2 Å². The lowest BCUT2D eigenvalue weighted by Gasteiger charge is -2.18. The Balaban J connectivity index is 2.18. The lowest BCUT2D eigenvalue weighted by Crippen LogP contribution is -2.22. The van der Waals surface area contributed by atoms with Gasteiger partial charge in [0.25, 0.3) is 0 Å². The van der Waals surface area contributed by atoms with E-state index in [4.69, 9.17) is 0 Å². The first-order valence-electron chi connectivity index (χ1n) is 6.79. The van der Waals surface area contributed by atoms with Crippen molar-refractivity contribution in [2.24, 2.45) is 0 Å². The summed E-state index contributed by atoms with van der Waals surface area (Å²) < 4.78 is 2.02. The highest BCUT2D eigenvalue weighted by Gasteiger charge is 2.13. The molecule has 4 nitrogen and oxygen atoms in total. The maximum absolute atomic E-state index is 4.40. The molecule has 0 atom stereocenters. The van der Waals surface area contributed by atoms with Gasteiger partial charge in [-0.25, -0.2) is 0 Å². The molecular formula is C14H28N4. The summed E-state index contributed by atoms with van der Waals surface area (Å²) in [6.45, 7) is 9.66. The monoisotopic (exact) mass is 252 g/mol. The van der Waals surface area contributed by atoms with Gasteiger partial charge in [-0.3, -0.25) is 4.68 Å². The van der Waals surface area contributed by atoms with Crippen LogP contribution in [0.1, 0.15) is 39.2 Å². The van der Waals surface area contributed by atoms with E-state index in [1.807, 2.05) is 10.9 Å². The van der Waals surface area contributed by atoms with Crippen LogP contribution in [0.4, 0.5) is 0 Å². The zero-order chi connectivity index (χ0) is 13.6. The average Bonchev–Trinajstić information content (AvgIpc) is 2.71. The fourth-order valence-electron chi connectivity index (χ4n) is 1.73. The summed E-state index contributed by atoms with van der Waals surface area (Å²) in [6, 6.07) is 0. The van der Waals surface area contributed by atoms with Crippen LogP contribution in [-0.4, -0.2) is 41.9 Å². The molecule has 0 aliphatic rings. The van der Waals surface area contributed by atoms with E-state index in [-0.39, 0.29) is 5.54 Å². The van der Waals surface area contributed by atoms with E-state index < -0.39 is 0 Å². The molecule has 0 saturated carbocycles. The zero-order valence-electron chi connectivity index (χ0n) is 12.5. The van der Waals surface area contributed by atoms with Gasteiger partial charge in [-0.2, -0.15) is 5.10 Å². The number of hydrogen-bond acceptors (Lipinski definition) is 3. The number of nitrogens with zero attached hydrogens (tertiary/aromatic N) is 3. The molecule has 0 unspecified atom stereocenters. The molecule has 1 rings (SSSR count). The van der Waals surface area contributed by atoms with E-state index in [1.54, 1.807) is 0 Å². The summed E-state index contributed by atoms with van der Waals surface area (Å²) >= 11 is 0. The summed E-state index contributed by atoms with van der Waals surface area (Å²) in [6.07, 6.45) is 6.57. The molecule has 18 heavy (non-hydrogen) atoms. The molecule has 0 amide bonds. The second kappa shape index (κ2) is 6.90. The Bertz CT molecular complexity index is 336. The molecule has 0 spiro atoms. The minimum absolute atomic E-state index is 0.0734. The maximum Gasteiger partial charge on any atom is 0.0543 e. The first-order valence-corrected chi connectivity index (χ1v) is 6.79. The summed E-state index contributed by atoms with van der Waals surface area (Å²) in [5, 5.41) is 7.86. The summed E-state index contributed by atoms with van der Waals surface area (Å²) in [5.41, 5.74) is 1.33. The largest absolute Gasteiger partial charge is 0.313 e. The molecule has 0 aliphatic heterocycles. The van der Waals surface area contributed by atoms with Crippen LogP contribution < -0.4 is 5.32 Å². The Morgan fingerprint density at radius 2 is 2.00 bits per heavy atom. The molecule has 104 valence electrons. The fourth-order valence-corrected chi connectivity index (χ4v) is 1.73. The third-order valence-electron chi connectivity index (χ3n) is 2.86. The van der Waals surface area contributed by atoms with Gasteiger partial charge in [-0.05, 0) is 60.8 Å². The first kappa shape index (κ1) is 15.2. The Kier molecular flexibility index (Phi) is 5.82. The van der Waals surface area contributed by atoms with E-state index in [0.717, 1.165) is 13.1 Å². The van der Waals surface area contributed by atoms with E-state index >= 15 is 0 Å². The van der Waals surface area contributed by atoms with Crippen molar-refractivity contribution in [1.82, 2.24) is 20.0 Å². The smallest absolute Gasteiger partial charge is 0.0543 e. The van der Waals surface area contributed by atoms with Gasteiger partial charge in [0.2, 0.25) is 0 Å². The van der Waals surface area contributed by atoms with Crippen LogP contribution in [-0.2, 0) is 12.1 Å². The van der Waals surface area contributed by atoms with Crippen LogP contribution >= 0.6 is 0 Å². The molecular weight excluding hydrogens is 224 g/mol. The molecule has 0 aliphatic carbocycles. The number of nitrogens with one attached hydrogen (secondary N) is 1.